The van der Waals surface area contributed by atoms with Gasteiger partial charge in [-0.05, 0) is 170 Å². The third-order valence-corrected chi connectivity index (χ3v) is 16.0. The molecule has 19 heteroatoms. The highest BCUT2D eigenvalue weighted by Gasteiger charge is 2.40. The number of hydrogen-bond donors (Lipinski definition) is 0. The fourth-order valence-corrected chi connectivity index (χ4v) is 9.22. The Morgan fingerprint density at radius 1 is 0.722 bits per heavy atom. The molecule has 8 nitrogen and oxygen atoms in total. The first-order valence-corrected chi connectivity index (χ1v) is 19.2. The lowest BCUT2D eigenvalue weighted by atomic mass is 10.2. The van der Waals surface area contributed by atoms with Gasteiger partial charge in [-0.1, -0.05) is 18.2 Å². The zero-order valence-corrected chi connectivity index (χ0v) is 32.3. The van der Waals surface area contributed by atoms with Crippen molar-refractivity contribution in [2.45, 2.75) is 28.0 Å². The van der Waals surface area contributed by atoms with Crippen molar-refractivity contribution in [3.8, 4) is 6.07 Å². The van der Waals surface area contributed by atoms with Crippen LogP contribution in [0.3, 0.4) is 0 Å². The number of benzene rings is 2. The minimum atomic E-state index is -4.20. The molecule has 0 aliphatic heterocycles. The van der Waals surface area contributed by atoms with E-state index in [0.29, 0.717) is 0 Å². The normalized spacial score (nSPS) is 13.3. The first-order chi connectivity index (χ1) is 16.0. The highest BCUT2D eigenvalue weighted by molar-refractivity contribution is 9.42. The Labute approximate surface area is 276 Å². The molecule has 0 aliphatic carbocycles. The molecular formula is C17H11Br8NO7S3. The third-order valence-electron chi connectivity index (χ3n) is 3.68. The number of sulfone groups is 2. The van der Waals surface area contributed by atoms with E-state index in [1.807, 2.05) is 0 Å². The average Bonchev–Trinajstić information content (AvgIpc) is 2.71. The van der Waals surface area contributed by atoms with Crippen LogP contribution in [-0.4, -0.2) is 31.6 Å². The second kappa shape index (κ2) is 13.0. The summed E-state index contributed by atoms with van der Waals surface area (Å²) in [5.41, 5.74) is 0.824. The Balaban J connectivity index is 0.000000381. The Bertz CT molecular complexity index is 1480. The van der Waals surface area contributed by atoms with Gasteiger partial charge in [-0.2, -0.15) is 13.7 Å². The fraction of sp³-hybridized carbons (Fsp3) is 0.235. The van der Waals surface area contributed by atoms with Crippen molar-refractivity contribution in [3.63, 3.8) is 0 Å². The molecule has 0 N–H and O–H groups in total. The smallest absolute Gasteiger partial charge is 0.225 e. The quantitative estimate of drug-likeness (QED) is 0.222. The van der Waals surface area contributed by atoms with E-state index in [0.717, 1.165) is 11.6 Å². The number of nitriles is 1. The van der Waals surface area contributed by atoms with Crippen molar-refractivity contribution in [1.29, 1.82) is 5.26 Å². The summed E-state index contributed by atoms with van der Waals surface area (Å²) >= 11 is 23.0. The maximum Gasteiger partial charge on any atom is 0.299 e. The van der Waals surface area contributed by atoms with Crippen LogP contribution in [0, 0.1) is 18.3 Å². The lowest BCUT2D eigenvalue weighted by molar-refractivity contribution is 0.352. The summed E-state index contributed by atoms with van der Waals surface area (Å²) in [6.45, 7) is 1.79. The van der Waals surface area contributed by atoms with E-state index in [1.54, 1.807) is 25.1 Å². The lowest BCUT2D eigenvalue weighted by Crippen LogP contribution is -2.23. The number of rotatable bonds is 5. The summed E-state index contributed by atoms with van der Waals surface area (Å²) in [5.74, 6) is 0. The van der Waals surface area contributed by atoms with Gasteiger partial charge in [0.15, 0.2) is 0 Å². The molecule has 200 valence electrons. The maximum atomic E-state index is 12.2. The Morgan fingerprint density at radius 2 is 1.17 bits per heavy atom. The monoisotopic (exact) mass is 1070 g/mol. The van der Waals surface area contributed by atoms with Gasteiger partial charge < -0.3 is 0 Å². The number of nitrogens with zero attached hydrogens (tertiary/aromatic N) is 1. The Morgan fingerprint density at radius 3 is 1.58 bits per heavy atom. The summed E-state index contributed by atoms with van der Waals surface area (Å²) in [6, 6.07) is 12.8. The van der Waals surface area contributed by atoms with Crippen LogP contribution < -0.4 is 0 Å². The van der Waals surface area contributed by atoms with Crippen molar-refractivity contribution >= 4 is 157 Å². The van der Waals surface area contributed by atoms with Gasteiger partial charge in [-0.3, -0.25) is 0 Å². The Hall–Kier alpha value is 1.58. The highest BCUT2D eigenvalue weighted by atomic mass is 80.0. The van der Waals surface area contributed by atoms with E-state index in [1.165, 1.54) is 30.3 Å². The van der Waals surface area contributed by atoms with Gasteiger partial charge in [0.1, 0.15) is 6.07 Å². The third kappa shape index (κ3) is 9.60. The van der Waals surface area contributed by atoms with Crippen LogP contribution in [0.4, 0.5) is 0 Å². The van der Waals surface area contributed by atoms with Gasteiger partial charge in [0, 0.05) is 0 Å². The summed E-state index contributed by atoms with van der Waals surface area (Å²) in [5, 5.41) is 8.74. The van der Waals surface area contributed by atoms with Gasteiger partial charge in [0.05, 0.1) is 14.7 Å². The molecule has 2 aromatic carbocycles. The van der Waals surface area contributed by atoms with Crippen molar-refractivity contribution < 1.29 is 29.4 Å². The van der Waals surface area contributed by atoms with E-state index < -0.39 is 36.2 Å². The Kier molecular flexibility index (Phi) is 12.9. The van der Waals surface area contributed by atoms with Crippen LogP contribution in [-0.2, 0) is 34.0 Å². The van der Waals surface area contributed by atoms with E-state index >= 15 is 0 Å². The van der Waals surface area contributed by atoms with Gasteiger partial charge >= 0.3 is 0 Å². The van der Waals surface area contributed by atoms with E-state index in [9.17, 15) is 25.3 Å². The molecule has 0 radical (unpaired) electrons. The largest absolute Gasteiger partial charge is 0.299 e. The average molecular weight is 1080 g/mol. The van der Waals surface area contributed by atoms with Crippen LogP contribution in [0.2, 0.25) is 0 Å². The van der Waals surface area contributed by atoms with Crippen LogP contribution >= 0.6 is 127 Å². The van der Waals surface area contributed by atoms with E-state index in [-0.39, 0.29) is 14.7 Å². The minimum absolute atomic E-state index is 0.109. The molecule has 0 atom stereocenters. The summed E-state index contributed by atoms with van der Waals surface area (Å²) in [7, 11) is -11.8. The van der Waals surface area contributed by atoms with Crippen LogP contribution in [0.1, 0.15) is 5.56 Å². The molecule has 2 aromatic rings. The first kappa shape index (κ1) is 35.6. The van der Waals surface area contributed by atoms with Crippen LogP contribution in [0.25, 0.3) is 0 Å². The second-order valence-electron chi connectivity index (χ2n) is 6.36. The van der Waals surface area contributed by atoms with Gasteiger partial charge in [-0.15, -0.1) is 0 Å². The first-order valence-electron chi connectivity index (χ1n) is 8.52. The number of hydrogen-bond acceptors (Lipinski definition) is 8. The van der Waals surface area contributed by atoms with Crippen LogP contribution in [0.15, 0.2) is 63.2 Å². The van der Waals surface area contributed by atoms with E-state index in [2.05, 4.69) is 127 Å². The molecule has 36 heavy (non-hydrogen) atoms. The molecule has 0 bridgehead atoms. The molecule has 0 spiro atoms. The standard InChI is InChI=1S/C9H7Br2NO2S.C8H4Br6O5S2/c1-7-3-2-4-8(5-7)15(13,14)9(10,11)6-12;9-7(10,11)19-21(17,18)6-3-1-2-5(4-6)20(15,16)8(12,13)14/h2-5H,1H3;1-4H. The molecule has 0 saturated heterocycles. The molecule has 0 amide bonds. The topological polar surface area (TPSA) is 135 Å². The summed E-state index contributed by atoms with van der Waals surface area (Å²) in [4.78, 5) is -0.428. The van der Waals surface area contributed by atoms with Gasteiger partial charge in [0.2, 0.25) is 21.1 Å². The predicted octanol–water partition coefficient (Wildman–Crippen LogP) is 7.49. The fourth-order valence-electron chi connectivity index (χ4n) is 2.09. The summed E-state index contributed by atoms with van der Waals surface area (Å²) < 4.78 is 72.2. The lowest BCUT2D eigenvalue weighted by Gasteiger charge is -2.16. The minimum Gasteiger partial charge on any atom is -0.225 e. The SMILES string of the molecule is Cc1cccc(S(=O)(=O)C(Br)(Br)C#N)c1.O=S(=O)(OC(Br)(Br)Br)c1cccc(S(=O)(=O)C(Br)(Br)Br)c1. The molecule has 0 fully saturated rings. The molecule has 0 unspecified atom stereocenters. The van der Waals surface area contributed by atoms with Crippen molar-refractivity contribution in [2.24, 2.45) is 0 Å². The van der Waals surface area contributed by atoms with Crippen LogP contribution in [0.5, 0.6) is 0 Å². The molecule has 0 saturated carbocycles. The number of halogens is 8. The second-order valence-corrected chi connectivity index (χ2v) is 31.5. The zero-order valence-electron chi connectivity index (χ0n) is 17.2. The molecule has 0 aromatic heterocycles. The van der Waals surface area contributed by atoms with Crippen molar-refractivity contribution in [3.05, 3.63) is 54.1 Å². The zero-order chi connectivity index (χ0) is 28.4. The van der Waals surface area contributed by atoms with Crippen molar-refractivity contribution in [1.82, 2.24) is 0 Å². The molecular weight excluding hydrogens is 1070 g/mol. The summed E-state index contributed by atoms with van der Waals surface area (Å²) in [6.07, 6.45) is 0. The van der Waals surface area contributed by atoms with E-state index in [4.69, 9.17) is 9.44 Å². The number of aryl methyl sites for hydroxylation is 1. The highest BCUT2D eigenvalue weighted by Crippen LogP contribution is 2.44. The van der Waals surface area contributed by atoms with Gasteiger partial charge in [0.25, 0.3) is 15.0 Å². The predicted molar refractivity (Wildman–Crippen MR) is 165 cm³/mol. The molecule has 0 heterocycles. The maximum absolute atomic E-state index is 12.2. The number of alkyl halides is 8. The molecule has 0 aliphatic rings. The van der Waals surface area contributed by atoms with Crippen molar-refractivity contribution in [2.75, 3.05) is 0 Å². The molecule has 2 rings (SSSR count). The van der Waals surface area contributed by atoms with Gasteiger partial charge in [-0.25, -0.2) is 21.0 Å².